The Morgan fingerprint density at radius 1 is 1.07 bits per heavy atom. The number of imidazole rings is 1. The monoisotopic (exact) mass is 649 g/mol. The van der Waals surface area contributed by atoms with Gasteiger partial charge in [-0.1, -0.05) is 12.1 Å². The van der Waals surface area contributed by atoms with Crippen molar-refractivity contribution < 1.29 is 59.6 Å². The van der Waals surface area contributed by atoms with Crippen molar-refractivity contribution in [3.05, 3.63) is 52.9 Å². The van der Waals surface area contributed by atoms with E-state index in [2.05, 4.69) is 9.88 Å². The van der Waals surface area contributed by atoms with Gasteiger partial charge in [-0.05, 0) is 44.0 Å². The number of hydrogen-bond acceptors (Lipinski definition) is 10. The fraction of sp³-hybridized carbons (Fsp3) is 0.467. The smallest absolute Gasteiger partial charge is 0.336 e. The molecule has 0 bridgehead atoms. The van der Waals surface area contributed by atoms with E-state index in [1.54, 1.807) is 13.2 Å². The minimum atomic E-state index is -2.74. The van der Waals surface area contributed by atoms with Crippen LogP contribution in [0.5, 0.6) is 17.2 Å². The number of ether oxygens (including phenoxy) is 3. The fourth-order valence-electron chi connectivity index (χ4n) is 5.43. The molecule has 2 atom stereocenters. The molecule has 0 saturated carbocycles. The fourth-order valence-corrected chi connectivity index (χ4v) is 5.43. The Hall–Kier alpha value is -4.64. The van der Waals surface area contributed by atoms with Crippen LogP contribution in [0.4, 0.5) is 0 Å². The maximum atomic E-state index is 12.5. The number of rotatable bonds is 10. The van der Waals surface area contributed by atoms with Crippen molar-refractivity contribution in [1.82, 2.24) is 14.5 Å². The van der Waals surface area contributed by atoms with E-state index >= 15 is 0 Å². The number of aliphatic hydroxyl groups is 2. The van der Waals surface area contributed by atoms with Crippen LogP contribution in [0.2, 0.25) is 0 Å². The summed E-state index contributed by atoms with van der Waals surface area (Å²) < 4.78 is 19.2. The number of methoxy groups -OCH3 is 1. The predicted octanol–water partition coefficient (Wildman–Crippen LogP) is 0.493. The molecule has 2 aliphatic rings. The first-order valence-electron chi connectivity index (χ1n) is 14.2. The number of carboxylic acids is 3. The van der Waals surface area contributed by atoms with E-state index < -0.39 is 48.1 Å². The van der Waals surface area contributed by atoms with Gasteiger partial charge in [0.2, 0.25) is 0 Å². The Morgan fingerprint density at radius 2 is 1.70 bits per heavy atom. The minimum absolute atomic E-state index is 0. The summed E-state index contributed by atoms with van der Waals surface area (Å²) in [6.07, 6.45) is -1.30. The summed E-state index contributed by atoms with van der Waals surface area (Å²) in [6.45, 7) is 4.23. The minimum Gasteiger partial charge on any atom is -0.497 e. The number of β-amino-alcohol motifs (C(OH)–C–C–N with tert-alkyl or cyclic N) is 1. The van der Waals surface area contributed by atoms with E-state index in [0.29, 0.717) is 23.8 Å². The van der Waals surface area contributed by atoms with Crippen LogP contribution < -0.4 is 19.9 Å². The number of carboxylic acid groups (broad SMARTS) is 3. The van der Waals surface area contributed by atoms with Crippen molar-refractivity contribution in [2.24, 2.45) is 0 Å². The third kappa shape index (κ3) is 8.14. The zero-order chi connectivity index (χ0) is 32.9. The summed E-state index contributed by atoms with van der Waals surface area (Å²) in [5, 5.41) is 44.8. The number of fused-ring (bicyclic) bond motifs is 2. The average molecular weight is 650 g/mol. The van der Waals surface area contributed by atoms with Crippen LogP contribution in [0, 0.1) is 0 Å². The van der Waals surface area contributed by atoms with E-state index in [1.165, 1.54) is 0 Å². The number of para-hydroxylation sites is 2. The second-order valence-electron chi connectivity index (χ2n) is 11.4. The molecule has 16 nitrogen and oxygen atoms in total. The molecule has 16 heteroatoms. The Labute approximate surface area is 262 Å². The van der Waals surface area contributed by atoms with Crippen LogP contribution >= 0.6 is 0 Å². The van der Waals surface area contributed by atoms with Gasteiger partial charge in [0.15, 0.2) is 22.7 Å². The lowest BCUT2D eigenvalue weighted by Gasteiger charge is -2.41. The number of benzene rings is 2. The zero-order valence-corrected chi connectivity index (χ0v) is 25.3. The summed E-state index contributed by atoms with van der Waals surface area (Å²) in [4.78, 5) is 48.2. The molecule has 2 aromatic carbocycles. The van der Waals surface area contributed by atoms with Crippen LogP contribution in [0.1, 0.15) is 38.6 Å². The number of H-pyrrole nitrogens is 1. The van der Waals surface area contributed by atoms with Gasteiger partial charge in [-0.15, -0.1) is 0 Å². The van der Waals surface area contributed by atoms with E-state index in [-0.39, 0.29) is 23.8 Å². The maximum Gasteiger partial charge on any atom is 0.336 e. The Balaban J connectivity index is 0.000000352. The lowest BCUT2D eigenvalue weighted by Crippen LogP contribution is -2.56. The van der Waals surface area contributed by atoms with Crippen LogP contribution in [0.3, 0.4) is 0 Å². The molecule has 1 fully saturated rings. The molecular weight excluding hydrogens is 610 g/mol. The number of hydrogen-bond donors (Lipinski definition) is 6. The Bertz CT molecular complexity index is 1580. The van der Waals surface area contributed by atoms with Gasteiger partial charge in [-0.3, -0.25) is 14.2 Å². The number of aromatic nitrogens is 2. The van der Waals surface area contributed by atoms with Crippen molar-refractivity contribution in [2.45, 2.75) is 56.0 Å². The van der Waals surface area contributed by atoms with Gasteiger partial charge in [0, 0.05) is 31.7 Å². The molecule has 1 saturated heterocycles. The van der Waals surface area contributed by atoms with E-state index in [4.69, 9.17) is 34.6 Å². The van der Waals surface area contributed by atoms with Gasteiger partial charge < -0.3 is 55.1 Å². The number of likely N-dealkylation sites (tertiary alicyclic amines) is 1. The number of aliphatic hydroxyl groups excluding tert-OH is 1. The molecule has 5 rings (SSSR count). The summed E-state index contributed by atoms with van der Waals surface area (Å²) >= 11 is 0. The molecule has 0 amide bonds. The third-order valence-electron chi connectivity index (χ3n) is 7.98. The second-order valence-corrected chi connectivity index (χ2v) is 11.4. The van der Waals surface area contributed by atoms with Crippen LogP contribution in [-0.2, 0) is 14.4 Å². The van der Waals surface area contributed by atoms with Crippen molar-refractivity contribution in [2.75, 3.05) is 33.4 Å². The molecule has 46 heavy (non-hydrogen) atoms. The maximum absolute atomic E-state index is 12.5. The molecule has 0 radical (unpaired) electrons. The van der Waals surface area contributed by atoms with Gasteiger partial charge >= 0.3 is 23.6 Å². The topological polar surface area (TPSA) is 253 Å². The van der Waals surface area contributed by atoms with Crippen molar-refractivity contribution in [3.8, 4) is 17.2 Å². The normalized spacial score (nSPS) is 18.9. The number of aromatic amines is 1. The van der Waals surface area contributed by atoms with Crippen molar-refractivity contribution in [1.29, 1.82) is 0 Å². The van der Waals surface area contributed by atoms with Gasteiger partial charge in [-0.2, -0.15) is 0 Å². The summed E-state index contributed by atoms with van der Waals surface area (Å²) in [5.74, 6) is -3.08. The summed E-state index contributed by atoms with van der Waals surface area (Å²) in [6, 6.07) is 13.4. The molecule has 3 heterocycles. The van der Waals surface area contributed by atoms with Gasteiger partial charge in [-0.25, -0.2) is 9.59 Å². The van der Waals surface area contributed by atoms with Crippen LogP contribution in [-0.4, -0.2) is 114 Å². The molecule has 0 spiro atoms. The molecule has 2 unspecified atom stereocenters. The molecule has 8 N–H and O–H groups in total. The molecular formula is C30H39N3O13. The van der Waals surface area contributed by atoms with Gasteiger partial charge in [0.25, 0.3) is 0 Å². The first-order chi connectivity index (χ1) is 21.2. The first-order valence-corrected chi connectivity index (χ1v) is 14.2. The lowest BCUT2D eigenvalue weighted by atomic mass is 9.96. The molecule has 252 valence electrons. The summed E-state index contributed by atoms with van der Waals surface area (Å²) in [7, 11) is 1.61. The van der Waals surface area contributed by atoms with Gasteiger partial charge in [0.1, 0.15) is 18.5 Å². The highest BCUT2D eigenvalue weighted by Crippen LogP contribution is 2.39. The number of nitrogens with zero attached hydrogens (tertiary/aromatic N) is 2. The highest BCUT2D eigenvalue weighted by Gasteiger charge is 2.42. The van der Waals surface area contributed by atoms with Crippen LogP contribution in [0.25, 0.3) is 11.0 Å². The second kappa shape index (κ2) is 14.6. The van der Waals surface area contributed by atoms with Crippen LogP contribution in [0.15, 0.2) is 47.3 Å². The van der Waals surface area contributed by atoms with E-state index in [9.17, 15) is 24.3 Å². The molecule has 3 aromatic rings. The summed E-state index contributed by atoms with van der Waals surface area (Å²) in [5.41, 5.74) is -1.81. The largest absolute Gasteiger partial charge is 0.497 e. The zero-order valence-electron chi connectivity index (χ0n) is 25.3. The quantitative estimate of drug-likeness (QED) is 0.175. The standard InChI is InChI=1S/C24H29N3O5.C6H8O7.H2O/c1-24(15-31-21-13-17(30-2)7-8-20(21)32-24)22(28)14-26-11-9-16(10-12-26)27-19-6-4-3-5-18(19)25-23(27)29;7-3(8)1-6(13,5(11)12)2-4(9)10;/h3-8,13,16,22,28H,9-12,14-15H2,1-2H3,(H,25,29);13H,1-2H2,(H,7,8)(H,9,10)(H,11,12);1H2. The highest BCUT2D eigenvalue weighted by atomic mass is 16.6. The average Bonchev–Trinajstić information content (AvgIpc) is 3.32. The molecule has 0 aliphatic carbocycles. The Kier molecular flexibility index (Phi) is 11.4. The number of carbonyl (C=O) groups is 3. The molecule has 1 aromatic heterocycles. The Morgan fingerprint density at radius 3 is 2.28 bits per heavy atom. The van der Waals surface area contributed by atoms with Crippen molar-refractivity contribution in [3.63, 3.8) is 0 Å². The molecule has 2 aliphatic heterocycles. The first kappa shape index (κ1) is 35.8. The van der Waals surface area contributed by atoms with Crippen molar-refractivity contribution >= 4 is 28.9 Å². The van der Waals surface area contributed by atoms with Gasteiger partial charge in [0.05, 0.1) is 31.0 Å². The van der Waals surface area contributed by atoms with E-state index in [0.717, 1.165) is 37.0 Å². The third-order valence-corrected chi connectivity index (χ3v) is 7.98. The highest BCUT2D eigenvalue weighted by molar-refractivity contribution is 5.88. The predicted molar refractivity (Wildman–Crippen MR) is 162 cm³/mol. The number of piperidine rings is 1. The SMILES string of the molecule is COc1ccc2c(c1)OCC(C)(C(O)CN1CCC(n3c(=O)[nH]c4ccccc43)CC1)O2.O.O=C(O)CC(O)(CC(=O)O)C(=O)O. The lowest BCUT2D eigenvalue weighted by molar-refractivity contribution is -0.170. The number of nitrogens with one attached hydrogen (secondary N) is 1. The van der Waals surface area contributed by atoms with E-state index in [1.807, 2.05) is 47.9 Å². The number of aliphatic carboxylic acids is 3.